The van der Waals surface area contributed by atoms with Crippen LogP contribution in [-0.2, 0) is 24.2 Å². The summed E-state index contributed by atoms with van der Waals surface area (Å²) < 4.78 is 36.2. The number of benzene rings is 1. The first-order valence-electron chi connectivity index (χ1n) is 10.6. The normalized spacial score (nSPS) is 26.3. The molecule has 0 unspecified atom stereocenters. The highest BCUT2D eigenvalue weighted by Crippen LogP contribution is 2.28. The zero-order valence-electron chi connectivity index (χ0n) is 17.1. The first kappa shape index (κ1) is 21.7. The summed E-state index contributed by atoms with van der Waals surface area (Å²) in [6.45, 7) is 1.13. The maximum Gasteiger partial charge on any atom is 0.228 e. The number of piperidine rings is 1. The second kappa shape index (κ2) is 8.57. The number of anilines is 1. The zero-order chi connectivity index (χ0) is 22.2. The lowest BCUT2D eigenvalue weighted by atomic mass is 9.94. The van der Waals surface area contributed by atoms with Crippen LogP contribution in [0.25, 0.3) is 0 Å². The third-order valence-corrected chi connectivity index (χ3v) is 8.14. The number of nitrogens with one attached hydrogen (secondary N) is 1. The van der Waals surface area contributed by atoms with Crippen molar-refractivity contribution < 1.29 is 27.2 Å². The Kier molecular flexibility index (Phi) is 6.00. The zero-order valence-corrected chi connectivity index (χ0v) is 17.9. The lowest BCUT2D eigenvalue weighted by Crippen LogP contribution is -2.47. The van der Waals surface area contributed by atoms with E-state index in [0.29, 0.717) is 38.0 Å². The molecule has 0 radical (unpaired) electrons. The largest absolute Gasteiger partial charge is 0.352 e. The summed E-state index contributed by atoms with van der Waals surface area (Å²) in [5, 5.41) is 2.84. The highest BCUT2D eigenvalue weighted by molar-refractivity contribution is 7.91. The van der Waals surface area contributed by atoms with Crippen molar-refractivity contribution in [2.75, 3.05) is 36.0 Å². The van der Waals surface area contributed by atoms with E-state index in [0.717, 1.165) is 0 Å². The Hall–Kier alpha value is -2.49. The van der Waals surface area contributed by atoms with Crippen molar-refractivity contribution in [3.8, 4) is 0 Å². The van der Waals surface area contributed by atoms with E-state index >= 15 is 0 Å². The minimum atomic E-state index is -3.05. The van der Waals surface area contributed by atoms with Gasteiger partial charge in [0, 0.05) is 43.7 Å². The van der Waals surface area contributed by atoms with Crippen molar-refractivity contribution in [1.82, 2.24) is 10.2 Å². The maximum absolute atomic E-state index is 13.1. The molecule has 0 aromatic heterocycles. The van der Waals surface area contributed by atoms with E-state index in [1.807, 2.05) is 0 Å². The summed E-state index contributed by atoms with van der Waals surface area (Å²) in [5.41, 5.74) is 0.575. The molecule has 0 saturated carbocycles. The molecule has 3 aliphatic rings. The van der Waals surface area contributed by atoms with Gasteiger partial charge in [0.05, 0.1) is 17.4 Å². The average molecular weight is 452 g/mol. The van der Waals surface area contributed by atoms with E-state index in [2.05, 4.69) is 5.32 Å². The number of halogens is 1. The standard InChI is InChI=1S/C21H26FN3O5S/c22-16-1-3-18(4-2-16)25-12-15(11-19(25)26)21(28)24-8-5-14(6-9-24)20(27)23-17-7-10-31(29,30)13-17/h1-4,14-15,17H,5-13H2,(H,23,27)/t15-,17+/m0/s1. The van der Waals surface area contributed by atoms with Crippen molar-refractivity contribution >= 4 is 33.2 Å². The third-order valence-electron chi connectivity index (χ3n) is 6.37. The van der Waals surface area contributed by atoms with Crippen LogP contribution in [0, 0.1) is 17.7 Å². The first-order chi connectivity index (χ1) is 14.7. The number of likely N-dealkylation sites (tertiary alicyclic amines) is 1. The Morgan fingerprint density at radius 3 is 2.32 bits per heavy atom. The fraction of sp³-hybridized carbons (Fsp3) is 0.571. The van der Waals surface area contributed by atoms with E-state index in [9.17, 15) is 27.2 Å². The highest BCUT2D eigenvalue weighted by Gasteiger charge is 2.39. The maximum atomic E-state index is 13.1. The van der Waals surface area contributed by atoms with Crippen LogP contribution in [0.5, 0.6) is 0 Å². The van der Waals surface area contributed by atoms with Crippen molar-refractivity contribution in [1.29, 1.82) is 0 Å². The van der Waals surface area contributed by atoms with Gasteiger partial charge in [0.15, 0.2) is 9.84 Å². The molecule has 31 heavy (non-hydrogen) atoms. The number of rotatable bonds is 4. The van der Waals surface area contributed by atoms with Gasteiger partial charge >= 0.3 is 0 Å². The lowest BCUT2D eigenvalue weighted by Gasteiger charge is -2.33. The van der Waals surface area contributed by atoms with E-state index in [1.54, 1.807) is 4.90 Å². The highest BCUT2D eigenvalue weighted by atomic mass is 32.2. The number of nitrogens with zero attached hydrogens (tertiary/aromatic N) is 2. The molecule has 2 atom stereocenters. The lowest BCUT2D eigenvalue weighted by molar-refractivity contribution is -0.139. The molecule has 3 aliphatic heterocycles. The molecule has 1 aromatic rings. The Balaban J connectivity index is 1.28. The van der Waals surface area contributed by atoms with Crippen LogP contribution in [0.4, 0.5) is 10.1 Å². The minimum absolute atomic E-state index is 0.00364. The Morgan fingerprint density at radius 2 is 1.71 bits per heavy atom. The Labute approximate surface area is 180 Å². The van der Waals surface area contributed by atoms with Crippen molar-refractivity contribution in [3.05, 3.63) is 30.1 Å². The molecule has 3 fully saturated rings. The van der Waals surface area contributed by atoms with Gasteiger partial charge in [-0.1, -0.05) is 0 Å². The molecule has 3 saturated heterocycles. The second-order valence-electron chi connectivity index (χ2n) is 8.59. The molecule has 1 aromatic carbocycles. The molecule has 4 rings (SSSR count). The van der Waals surface area contributed by atoms with Crippen LogP contribution in [0.15, 0.2) is 24.3 Å². The minimum Gasteiger partial charge on any atom is -0.352 e. The Morgan fingerprint density at radius 1 is 1.03 bits per heavy atom. The third kappa shape index (κ3) is 4.89. The molecular weight excluding hydrogens is 425 g/mol. The number of hydrogen-bond acceptors (Lipinski definition) is 5. The quantitative estimate of drug-likeness (QED) is 0.727. The number of amides is 3. The van der Waals surface area contributed by atoms with Gasteiger partial charge < -0.3 is 15.1 Å². The molecule has 168 valence electrons. The Bertz CT molecular complexity index is 973. The molecule has 0 aliphatic carbocycles. The number of carbonyl (C=O) groups is 3. The number of sulfone groups is 1. The number of hydrogen-bond donors (Lipinski definition) is 1. The summed E-state index contributed by atoms with van der Waals surface area (Å²) in [5.74, 6) is -1.38. The summed E-state index contributed by atoms with van der Waals surface area (Å²) in [4.78, 5) is 41.0. The van der Waals surface area contributed by atoms with Gasteiger partial charge in [0.2, 0.25) is 17.7 Å². The van der Waals surface area contributed by atoms with Crippen LogP contribution in [0.2, 0.25) is 0 Å². The summed E-state index contributed by atoms with van der Waals surface area (Å²) in [6, 6.07) is 5.31. The average Bonchev–Trinajstić information content (AvgIpc) is 3.29. The van der Waals surface area contributed by atoms with Crippen molar-refractivity contribution in [2.45, 2.75) is 31.7 Å². The van der Waals surface area contributed by atoms with E-state index in [1.165, 1.54) is 29.2 Å². The van der Waals surface area contributed by atoms with E-state index in [4.69, 9.17) is 0 Å². The predicted molar refractivity (Wildman–Crippen MR) is 111 cm³/mol. The van der Waals surface area contributed by atoms with Crippen molar-refractivity contribution in [2.24, 2.45) is 11.8 Å². The molecule has 0 spiro atoms. The summed E-state index contributed by atoms with van der Waals surface area (Å²) in [7, 11) is -3.05. The van der Waals surface area contributed by atoms with Crippen LogP contribution in [0.1, 0.15) is 25.7 Å². The second-order valence-corrected chi connectivity index (χ2v) is 10.8. The molecule has 3 heterocycles. The first-order valence-corrected chi connectivity index (χ1v) is 12.4. The van der Waals surface area contributed by atoms with E-state index in [-0.39, 0.29) is 60.0 Å². The summed E-state index contributed by atoms with van der Waals surface area (Å²) in [6.07, 6.45) is 1.59. The van der Waals surface area contributed by atoms with Gasteiger partial charge in [-0.2, -0.15) is 0 Å². The summed E-state index contributed by atoms with van der Waals surface area (Å²) >= 11 is 0. The van der Waals surface area contributed by atoms with Gasteiger partial charge in [-0.25, -0.2) is 12.8 Å². The molecule has 0 bridgehead atoms. The van der Waals surface area contributed by atoms with Gasteiger partial charge in [-0.15, -0.1) is 0 Å². The molecule has 1 N–H and O–H groups in total. The fourth-order valence-electron chi connectivity index (χ4n) is 4.59. The molecule has 3 amide bonds. The smallest absolute Gasteiger partial charge is 0.228 e. The van der Waals surface area contributed by atoms with Crippen LogP contribution >= 0.6 is 0 Å². The topological polar surface area (TPSA) is 104 Å². The predicted octanol–water partition coefficient (Wildman–Crippen LogP) is 0.720. The molecule has 8 nitrogen and oxygen atoms in total. The van der Waals surface area contributed by atoms with Gasteiger partial charge in [0.25, 0.3) is 0 Å². The molecular formula is C21H26FN3O5S. The van der Waals surface area contributed by atoms with Crippen LogP contribution < -0.4 is 10.2 Å². The molecule has 10 heteroatoms. The van der Waals surface area contributed by atoms with Gasteiger partial charge in [-0.3, -0.25) is 14.4 Å². The van der Waals surface area contributed by atoms with Gasteiger partial charge in [0.1, 0.15) is 5.82 Å². The van der Waals surface area contributed by atoms with Gasteiger partial charge in [-0.05, 0) is 43.5 Å². The number of carbonyl (C=O) groups excluding carboxylic acids is 3. The monoisotopic (exact) mass is 451 g/mol. The van der Waals surface area contributed by atoms with E-state index < -0.39 is 15.8 Å². The van der Waals surface area contributed by atoms with Crippen molar-refractivity contribution in [3.63, 3.8) is 0 Å². The SMILES string of the molecule is O=C(N[C@@H]1CCS(=O)(=O)C1)C1CCN(C(=O)[C@H]2CC(=O)N(c3ccc(F)cc3)C2)CC1. The van der Waals surface area contributed by atoms with Crippen LogP contribution in [-0.4, -0.2) is 68.2 Å². The fourth-order valence-corrected chi connectivity index (χ4v) is 6.27. The van der Waals surface area contributed by atoms with Crippen LogP contribution in [0.3, 0.4) is 0 Å².